The van der Waals surface area contributed by atoms with Gasteiger partial charge in [0.2, 0.25) is 0 Å². The number of carbonyl (C=O) groups is 2. The zero-order chi connectivity index (χ0) is 15.6. The number of thiophene rings is 1. The molecule has 0 spiro atoms. The number of anilines is 1. The number of aromatic carboxylic acids is 1. The van der Waals surface area contributed by atoms with Gasteiger partial charge in [0.1, 0.15) is 5.00 Å². The topological polar surface area (TPSA) is 96.3 Å². The Morgan fingerprint density at radius 3 is 2.71 bits per heavy atom. The van der Waals surface area contributed by atoms with Crippen LogP contribution in [0.2, 0.25) is 0 Å². The molecule has 0 saturated heterocycles. The maximum atomic E-state index is 11.9. The Hall–Kier alpha value is -2.35. The Kier molecular flexibility index (Phi) is 4.27. The summed E-state index contributed by atoms with van der Waals surface area (Å²) in [5, 5.41) is 18.8. The van der Waals surface area contributed by atoms with E-state index in [0.29, 0.717) is 17.1 Å². The number of rotatable bonds is 4. The minimum atomic E-state index is -1.04. The molecule has 21 heavy (non-hydrogen) atoms. The fraction of sp³-hybridized carbons (Fsp3) is 0.308. The predicted octanol–water partition coefficient (Wildman–Crippen LogP) is 2.12. The van der Waals surface area contributed by atoms with E-state index in [1.165, 1.54) is 11.3 Å². The van der Waals surface area contributed by atoms with Gasteiger partial charge in [0, 0.05) is 30.2 Å². The summed E-state index contributed by atoms with van der Waals surface area (Å²) < 4.78 is 1.64. The normalized spacial score (nSPS) is 10.4. The molecule has 2 aromatic rings. The fourth-order valence-electron chi connectivity index (χ4n) is 1.87. The van der Waals surface area contributed by atoms with E-state index in [1.807, 2.05) is 6.92 Å². The number of carbonyl (C=O) groups excluding carboxylic acids is 1. The van der Waals surface area contributed by atoms with Gasteiger partial charge in [0.05, 0.1) is 11.8 Å². The molecule has 0 saturated carbocycles. The van der Waals surface area contributed by atoms with Gasteiger partial charge in [-0.15, -0.1) is 11.3 Å². The predicted molar refractivity (Wildman–Crippen MR) is 79.8 cm³/mol. The largest absolute Gasteiger partial charge is 0.478 e. The summed E-state index contributed by atoms with van der Waals surface area (Å²) in [5.74, 6) is -1.04. The summed E-state index contributed by atoms with van der Waals surface area (Å²) >= 11 is 1.25. The van der Waals surface area contributed by atoms with Crippen molar-refractivity contribution in [2.24, 2.45) is 7.05 Å². The quantitative estimate of drug-likeness (QED) is 0.806. The number of aryl methyl sites for hydroxylation is 2. The van der Waals surface area contributed by atoms with Crippen molar-refractivity contribution in [2.45, 2.75) is 20.4 Å². The molecule has 0 radical (unpaired) electrons. The number of urea groups is 1. The lowest BCUT2D eigenvalue weighted by Crippen LogP contribution is -2.28. The van der Waals surface area contributed by atoms with Crippen LogP contribution in [0.1, 0.15) is 26.4 Å². The molecule has 0 unspecified atom stereocenters. The highest BCUT2D eigenvalue weighted by molar-refractivity contribution is 7.16. The number of hydrogen-bond donors (Lipinski definition) is 3. The van der Waals surface area contributed by atoms with E-state index in [-0.39, 0.29) is 5.56 Å². The Labute approximate surface area is 125 Å². The molecule has 0 aliphatic rings. The Bertz CT molecular complexity index is 690. The molecular weight excluding hydrogens is 292 g/mol. The van der Waals surface area contributed by atoms with E-state index >= 15 is 0 Å². The van der Waals surface area contributed by atoms with Crippen LogP contribution >= 0.6 is 11.3 Å². The van der Waals surface area contributed by atoms with Gasteiger partial charge in [-0.25, -0.2) is 9.59 Å². The average molecular weight is 308 g/mol. The summed E-state index contributed by atoms with van der Waals surface area (Å²) in [6, 6.07) is -0.442. The van der Waals surface area contributed by atoms with Crippen LogP contribution < -0.4 is 10.6 Å². The molecule has 0 aliphatic heterocycles. The van der Waals surface area contributed by atoms with Crippen LogP contribution in [0.25, 0.3) is 0 Å². The van der Waals surface area contributed by atoms with E-state index in [0.717, 1.165) is 10.4 Å². The van der Waals surface area contributed by atoms with Crippen molar-refractivity contribution in [3.8, 4) is 0 Å². The smallest absolute Gasteiger partial charge is 0.338 e. The van der Waals surface area contributed by atoms with Gasteiger partial charge < -0.3 is 10.4 Å². The Morgan fingerprint density at radius 2 is 2.14 bits per heavy atom. The lowest BCUT2D eigenvalue weighted by Gasteiger charge is -2.06. The van der Waals surface area contributed by atoms with Crippen molar-refractivity contribution in [3.05, 3.63) is 34.0 Å². The molecule has 112 valence electrons. The van der Waals surface area contributed by atoms with Gasteiger partial charge >= 0.3 is 12.0 Å². The number of nitrogens with one attached hydrogen (secondary N) is 2. The summed E-state index contributed by atoms with van der Waals surface area (Å²) in [6.45, 7) is 3.88. The van der Waals surface area contributed by atoms with Crippen LogP contribution in [0.15, 0.2) is 12.4 Å². The second-order valence-electron chi connectivity index (χ2n) is 4.62. The molecule has 0 fully saturated rings. The van der Waals surface area contributed by atoms with Crippen LogP contribution in [-0.2, 0) is 13.6 Å². The van der Waals surface area contributed by atoms with Gasteiger partial charge in [-0.2, -0.15) is 5.10 Å². The van der Waals surface area contributed by atoms with Crippen LogP contribution in [-0.4, -0.2) is 26.9 Å². The Balaban J connectivity index is 2.03. The van der Waals surface area contributed by atoms with Crippen molar-refractivity contribution < 1.29 is 14.7 Å². The van der Waals surface area contributed by atoms with E-state index in [1.54, 1.807) is 31.0 Å². The minimum absolute atomic E-state index is 0.147. The molecule has 2 rings (SSSR count). The van der Waals surface area contributed by atoms with E-state index in [4.69, 9.17) is 0 Å². The van der Waals surface area contributed by atoms with Crippen molar-refractivity contribution in [3.63, 3.8) is 0 Å². The van der Waals surface area contributed by atoms with Crippen LogP contribution in [0.5, 0.6) is 0 Å². The van der Waals surface area contributed by atoms with Gasteiger partial charge in [0.15, 0.2) is 0 Å². The molecule has 2 amide bonds. The highest BCUT2D eigenvalue weighted by Gasteiger charge is 2.20. The summed E-state index contributed by atoms with van der Waals surface area (Å²) in [6.07, 6.45) is 3.45. The van der Waals surface area contributed by atoms with E-state index in [9.17, 15) is 14.7 Å². The monoisotopic (exact) mass is 308 g/mol. The first-order chi connectivity index (χ1) is 9.88. The van der Waals surface area contributed by atoms with Crippen molar-refractivity contribution in [2.75, 3.05) is 5.32 Å². The SMILES string of the molecule is Cc1sc(NC(=O)NCc2cnn(C)c2)c(C(=O)O)c1C. The third-order valence-electron chi connectivity index (χ3n) is 3.04. The maximum absolute atomic E-state index is 11.9. The first-order valence-electron chi connectivity index (χ1n) is 6.24. The van der Waals surface area contributed by atoms with Gasteiger partial charge in [-0.3, -0.25) is 10.00 Å². The fourth-order valence-corrected chi connectivity index (χ4v) is 2.91. The van der Waals surface area contributed by atoms with Crippen LogP contribution in [0.3, 0.4) is 0 Å². The third kappa shape index (κ3) is 3.40. The van der Waals surface area contributed by atoms with Crippen molar-refractivity contribution >= 4 is 28.3 Å². The first-order valence-corrected chi connectivity index (χ1v) is 7.05. The molecule has 8 heteroatoms. The first kappa shape index (κ1) is 15.0. The van der Waals surface area contributed by atoms with Crippen LogP contribution in [0, 0.1) is 13.8 Å². The molecular formula is C13H16N4O3S. The molecule has 7 nitrogen and oxygen atoms in total. The number of aromatic nitrogens is 2. The van der Waals surface area contributed by atoms with E-state index in [2.05, 4.69) is 15.7 Å². The molecule has 0 aliphatic carbocycles. The molecule has 2 heterocycles. The minimum Gasteiger partial charge on any atom is -0.478 e. The Morgan fingerprint density at radius 1 is 1.43 bits per heavy atom. The molecule has 0 aromatic carbocycles. The van der Waals surface area contributed by atoms with Crippen LogP contribution in [0.4, 0.5) is 9.80 Å². The highest BCUT2D eigenvalue weighted by Crippen LogP contribution is 2.32. The second kappa shape index (κ2) is 5.96. The summed E-state index contributed by atoms with van der Waals surface area (Å²) in [5.41, 5.74) is 1.69. The number of hydrogen-bond acceptors (Lipinski definition) is 4. The van der Waals surface area contributed by atoms with Gasteiger partial charge in [-0.05, 0) is 19.4 Å². The number of carboxylic acids is 1. The maximum Gasteiger partial charge on any atom is 0.338 e. The number of nitrogens with zero attached hydrogens (tertiary/aromatic N) is 2. The van der Waals surface area contributed by atoms with E-state index < -0.39 is 12.0 Å². The van der Waals surface area contributed by atoms with Gasteiger partial charge in [-0.1, -0.05) is 0 Å². The zero-order valence-electron chi connectivity index (χ0n) is 11.9. The summed E-state index contributed by atoms with van der Waals surface area (Å²) in [4.78, 5) is 24.0. The lowest BCUT2D eigenvalue weighted by atomic mass is 10.1. The molecule has 3 N–H and O–H groups in total. The number of carboxylic acid groups (broad SMARTS) is 1. The van der Waals surface area contributed by atoms with Crippen molar-refractivity contribution in [1.29, 1.82) is 0 Å². The van der Waals surface area contributed by atoms with Gasteiger partial charge in [0.25, 0.3) is 0 Å². The molecule has 2 aromatic heterocycles. The molecule has 0 bridgehead atoms. The zero-order valence-corrected chi connectivity index (χ0v) is 12.7. The average Bonchev–Trinajstić information content (AvgIpc) is 2.92. The highest BCUT2D eigenvalue weighted by atomic mass is 32.1. The second-order valence-corrected chi connectivity index (χ2v) is 5.85. The number of amides is 2. The lowest BCUT2D eigenvalue weighted by molar-refractivity contribution is 0.0697. The molecule has 0 atom stereocenters. The van der Waals surface area contributed by atoms with Crippen molar-refractivity contribution in [1.82, 2.24) is 15.1 Å². The summed E-state index contributed by atoms with van der Waals surface area (Å²) in [7, 11) is 1.79. The standard InChI is InChI=1S/C13H16N4O3S/c1-7-8(2)21-11(10(7)12(18)19)16-13(20)14-4-9-5-15-17(3)6-9/h5-6H,4H2,1-3H3,(H,18,19)(H2,14,16,20). The third-order valence-corrected chi connectivity index (χ3v) is 4.16.